The quantitative estimate of drug-likeness (QED) is 0.893. The fourth-order valence-corrected chi connectivity index (χ4v) is 2.99. The Hall–Kier alpha value is -3.02. The molecule has 1 saturated heterocycles. The summed E-state index contributed by atoms with van der Waals surface area (Å²) in [5.74, 6) is -0.276. The summed E-state index contributed by atoms with van der Waals surface area (Å²) in [6.45, 7) is 4.52. The molecule has 136 valence electrons. The Kier molecular flexibility index (Phi) is 5.41. The van der Waals surface area contributed by atoms with Gasteiger partial charge in [-0.05, 0) is 42.8 Å². The summed E-state index contributed by atoms with van der Waals surface area (Å²) in [7, 11) is 0. The minimum atomic E-state index is -0.936. The lowest BCUT2D eigenvalue weighted by Gasteiger charge is -2.36. The van der Waals surface area contributed by atoms with E-state index in [0.29, 0.717) is 31.9 Å². The van der Waals surface area contributed by atoms with Gasteiger partial charge in [0, 0.05) is 31.9 Å². The van der Waals surface area contributed by atoms with Gasteiger partial charge in [0.25, 0.3) is 5.91 Å². The van der Waals surface area contributed by atoms with Crippen molar-refractivity contribution in [1.82, 2.24) is 4.90 Å². The SMILES string of the molecule is Cc1cccc(OCC(=O)N2CCN(c3cccc(C(=O)O)c3)CC2)c1. The van der Waals surface area contributed by atoms with E-state index in [1.54, 1.807) is 23.1 Å². The summed E-state index contributed by atoms with van der Waals surface area (Å²) >= 11 is 0. The van der Waals surface area contributed by atoms with Crippen LogP contribution >= 0.6 is 0 Å². The molecule has 2 aromatic carbocycles. The Morgan fingerprint density at radius 1 is 1.04 bits per heavy atom. The predicted molar refractivity (Wildman–Crippen MR) is 98.9 cm³/mol. The van der Waals surface area contributed by atoms with E-state index in [1.807, 2.05) is 37.3 Å². The monoisotopic (exact) mass is 354 g/mol. The van der Waals surface area contributed by atoms with Crippen LogP contribution in [0, 0.1) is 6.92 Å². The number of carbonyl (C=O) groups is 2. The molecule has 2 aromatic rings. The molecule has 1 heterocycles. The number of nitrogens with zero attached hydrogens (tertiary/aromatic N) is 2. The summed E-state index contributed by atoms with van der Waals surface area (Å²) in [5.41, 5.74) is 2.23. The Balaban J connectivity index is 1.52. The smallest absolute Gasteiger partial charge is 0.335 e. The van der Waals surface area contributed by atoms with Crippen LogP contribution in [0.5, 0.6) is 5.75 Å². The first kappa shape index (κ1) is 17.8. The summed E-state index contributed by atoms with van der Waals surface area (Å²) in [5, 5.41) is 9.11. The number of rotatable bonds is 5. The molecule has 1 aliphatic heterocycles. The molecule has 1 fully saturated rings. The Bertz CT molecular complexity index is 798. The molecule has 1 N–H and O–H groups in total. The van der Waals surface area contributed by atoms with Crippen molar-refractivity contribution in [3.63, 3.8) is 0 Å². The van der Waals surface area contributed by atoms with Gasteiger partial charge in [-0.2, -0.15) is 0 Å². The number of aryl methyl sites for hydroxylation is 1. The van der Waals surface area contributed by atoms with E-state index < -0.39 is 5.97 Å². The lowest BCUT2D eigenvalue weighted by Crippen LogP contribution is -2.50. The van der Waals surface area contributed by atoms with E-state index in [4.69, 9.17) is 9.84 Å². The zero-order valence-electron chi connectivity index (χ0n) is 14.7. The van der Waals surface area contributed by atoms with Crippen molar-refractivity contribution in [2.45, 2.75) is 6.92 Å². The van der Waals surface area contributed by atoms with Crippen LogP contribution in [0.1, 0.15) is 15.9 Å². The number of hydrogen-bond donors (Lipinski definition) is 1. The highest BCUT2D eigenvalue weighted by atomic mass is 16.5. The van der Waals surface area contributed by atoms with Gasteiger partial charge in [-0.3, -0.25) is 4.79 Å². The summed E-state index contributed by atoms with van der Waals surface area (Å²) in [6.07, 6.45) is 0. The van der Waals surface area contributed by atoms with Crippen molar-refractivity contribution in [2.75, 3.05) is 37.7 Å². The first-order chi connectivity index (χ1) is 12.5. The second-order valence-corrected chi connectivity index (χ2v) is 6.33. The van der Waals surface area contributed by atoms with E-state index in [1.165, 1.54) is 0 Å². The number of benzene rings is 2. The van der Waals surface area contributed by atoms with Gasteiger partial charge < -0.3 is 19.6 Å². The van der Waals surface area contributed by atoms with Crippen LogP contribution in [0.4, 0.5) is 5.69 Å². The zero-order valence-corrected chi connectivity index (χ0v) is 14.7. The second-order valence-electron chi connectivity index (χ2n) is 6.33. The number of piperazine rings is 1. The number of hydrogen-bond acceptors (Lipinski definition) is 4. The van der Waals surface area contributed by atoms with Crippen LogP contribution in [-0.4, -0.2) is 54.7 Å². The third-order valence-electron chi connectivity index (χ3n) is 4.44. The van der Waals surface area contributed by atoms with Gasteiger partial charge in [-0.15, -0.1) is 0 Å². The predicted octanol–water partition coefficient (Wildman–Crippen LogP) is 2.42. The molecule has 1 aliphatic rings. The molecule has 0 aromatic heterocycles. The average Bonchev–Trinajstić information content (AvgIpc) is 2.66. The van der Waals surface area contributed by atoms with Gasteiger partial charge in [0.15, 0.2) is 6.61 Å². The van der Waals surface area contributed by atoms with Crippen LogP contribution in [0.2, 0.25) is 0 Å². The third-order valence-corrected chi connectivity index (χ3v) is 4.44. The van der Waals surface area contributed by atoms with Crippen molar-refractivity contribution < 1.29 is 19.4 Å². The highest BCUT2D eigenvalue weighted by Crippen LogP contribution is 2.19. The van der Waals surface area contributed by atoms with E-state index in [9.17, 15) is 9.59 Å². The fraction of sp³-hybridized carbons (Fsp3) is 0.300. The summed E-state index contributed by atoms with van der Waals surface area (Å²) in [6, 6.07) is 14.5. The summed E-state index contributed by atoms with van der Waals surface area (Å²) in [4.78, 5) is 27.3. The molecule has 6 nitrogen and oxygen atoms in total. The molecule has 0 saturated carbocycles. The Morgan fingerprint density at radius 2 is 1.77 bits per heavy atom. The third kappa shape index (κ3) is 4.33. The van der Waals surface area contributed by atoms with Gasteiger partial charge in [0.1, 0.15) is 5.75 Å². The van der Waals surface area contributed by atoms with Gasteiger partial charge >= 0.3 is 5.97 Å². The molecule has 0 aliphatic carbocycles. The number of carboxylic acid groups (broad SMARTS) is 1. The molecule has 3 rings (SSSR count). The normalized spacial score (nSPS) is 14.2. The Labute approximate surface area is 152 Å². The number of anilines is 1. The molecule has 0 spiro atoms. The largest absolute Gasteiger partial charge is 0.484 e. The number of carboxylic acids is 1. The van der Waals surface area contributed by atoms with Crippen molar-refractivity contribution in [3.8, 4) is 5.75 Å². The Morgan fingerprint density at radius 3 is 2.46 bits per heavy atom. The van der Waals surface area contributed by atoms with Crippen LogP contribution in [0.25, 0.3) is 0 Å². The lowest BCUT2D eigenvalue weighted by atomic mass is 10.1. The van der Waals surface area contributed by atoms with E-state index in [-0.39, 0.29) is 18.1 Å². The standard InChI is InChI=1S/C20H22N2O4/c1-15-4-2-7-18(12-15)26-14-19(23)22-10-8-21(9-11-22)17-6-3-5-16(13-17)20(24)25/h2-7,12-13H,8-11,14H2,1H3,(H,24,25). The number of aromatic carboxylic acids is 1. The number of carbonyl (C=O) groups excluding carboxylic acids is 1. The van der Waals surface area contributed by atoms with E-state index in [2.05, 4.69) is 4.90 Å². The first-order valence-corrected chi connectivity index (χ1v) is 8.58. The minimum Gasteiger partial charge on any atom is -0.484 e. The maximum Gasteiger partial charge on any atom is 0.335 e. The molecule has 1 amide bonds. The van der Waals surface area contributed by atoms with Crippen molar-refractivity contribution in [2.24, 2.45) is 0 Å². The maximum absolute atomic E-state index is 12.3. The summed E-state index contributed by atoms with van der Waals surface area (Å²) < 4.78 is 5.59. The molecular weight excluding hydrogens is 332 g/mol. The molecule has 0 bridgehead atoms. The van der Waals surface area contributed by atoms with Gasteiger partial charge in [-0.1, -0.05) is 18.2 Å². The highest BCUT2D eigenvalue weighted by molar-refractivity contribution is 5.88. The minimum absolute atomic E-state index is 0.0257. The van der Waals surface area contributed by atoms with Crippen molar-refractivity contribution in [1.29, 1.82) is 0 Å². The van der Waals surface area contributed by atoms with Crippen LogP contribution in [0.3, 0.4) is 0 Å². The lowest BCUT2D eigenvalue weighted by molar-refractivity contribution is -0.133. The average molecular weight is 354 g/mol. The zero-order chi connectivity index (χ0) is 18.5. The number of amides is 1. The fourth-order valence-electron chi connectivity index (χ4n) is 2.99. The second kappa shape index (κ2) is 7.91. The van der Waals surface area contributed by atoms with Crippen LogP contribution < -0.4 is 9.64 Å². The molecule has 0 atom stereocenters. The molecule has 0 unspecified atom stereocenters. The first-order valence-electron chi connectivity index (χ1n) is 8.58. The topological polar surface area (TPSA) is 70.1 Å². The molecule has 6 heteroatoms. The van der Waals surface area contributed by atoms with Crippen molar-refractivity contribution >= 4 is 17.6 Å². The van der Waals surface area contributed by atoms with Gasteiger partial charge in [-0.25, -0.2) is 4.79 Å². The molecule has 26 heavy (non-hydrogen) atoms. The van der Waals surface area contributed by atoms with Crippen molar-refractivity contribution in [3.05, 3.63) is 59.7 Å². The molecule has 0 radical (unpaired) electrons. The highest BCUT2D eigenvalue weighted by Gasteiger charge is 2.22. The van der Waals surface area contributed by atoms with Gasteiger partial charge in [0.2, 0.25) is 0 Å². The van der Waals surface area contributed by atoms with E-state index >= 15 is 0 Å². The molecular formula is C20H22N2O4. The van der Waals surface area contributed by atoms with Crippen LogP contribution in [0.15, 0.2) is 48.5 Å². The maximum atomic E-state index is 12.3. The van der Waals surface area contributed by atoms with Crippen LogP contribution in [-0.2, 0) is 4.79 Å². The van der Waals surface area contributed by atoms with E-state index in [0.717, 1.165) is 11.3 Å². The van der Waals surface area contributed by atoms with Gasteiger partial charge in [0.05, 0.1) is 5.56 Å². The number of ether oxygens (including phenoxy) is 1.